The van der Waals surface area contributed by atoms with Crippen molar-refractivity contribution in [3.63, 3.8) is 0 Å². The zero-order valence-electron chi connectivity index (χ0n) is 14.2. The van der Waals surface area contributed by atoms with Gasteiger partial charge in [0.1, 0.15) is 22.8 Å². The maximum atomic E-state index is 13.0. The van der Waals surface area contributed by atoms with E-state index in [9.17, 15) is 8.42 Å². The number of aromatic nitrogens is 3. The molecule has 1 saturated heterocycles. The fraction of sp³-hybridized carbons (Fsp3) is 0.500. The van der Waals surface area contributed by atoms with Crippen molar-refractivity contribution in [1.29, 1.82) is 0 Å². The van der Waals surface area contributed by atoms with Gasteiger partial charge in [-0.3, -0.25) is 0 Å². The Hall–Kier alpha value is -1.64. The number of aryl methyl sites for hydroxylation is 1. The summed E-state index contributed by atoms with van der Waals surface area (Å²) in [5.74, 6) is 1.23. The van der Waals surface area contributed by atoms with Crippen LogP contribution >= 0.6 is 11.6 Å². The summed E-state index contributed by atoms with van der Waals surface area (Å²) in [7, 11) is -2.20. The van der Waals surface area contributed by atoms with Gasteiger partial charge < -0.3 is 9.30 Å². The van der Waals surface area contributed by atoms with Crippen LogP contribution < -0.4 is 4.74 Å². The first-order valence-corrected chi connectivity index (χ1v) is 10.0. The standard InChI is InChI=1S/C16H21ClN4O3S/c1-3-16-19-18-11-21(16)13-6-8-20(9-7-13)25(22,23)15-10-12(17)4-5-14(15)24-2/h4-5,10-11,13H,3,6-9H2,1-2H3. The van der Waals surface area contributed by atoms with Gasteiger partial charge in [-0.15, -0.1) is 10.2 Å². The summed E-state index contributed by atoms with van der Waals surface area (Å²) in [6.45, 7) is 2.90. The van der Waals surface area contributed by atoms with Crippen molar-refractivity contribution in [3.05, 3.63) is 35.4 Å². The van der Waals surface area contributed by atoms with Crippen LogP contribution in [0.4, 0.5) is 0 Å². The Labute approximate surface area is 152 Å². The number of hydrogen-bond donors (Lipinski definition) is 0. The van der Waals surface area contributed by atoms with E-state index in [1.807, 2.05) is 6.92 Å². The predicted octanol–water partition coefficient (Wildman–Crippen LogP) is 2.53. The van der Waals surface area contributed by atoms with Gasteiger partial charge in [-0.1, -0.05) is 18.5 Å². The molecule has 1 aliphatic rings. The molecule has 0 atom stereocenters. The number of halogens is 1. The average Bonchev–Trinajstić information content (AvgIpc) is 3.10. The number of hydrogen-bond acceptors (Lipinski definition) is 5. The van der Waals surface area contributed by atoms with Crippen LogP contribution in [0.3, 0.4) is 0 Å². The lowest BCUT2D eigenvalue weighted by atomic mass is 10.1. The fourth-order valence-corrected chi connectivity index (χ4v) is 5.06. The second-order valence-corrected chi connectivity index (χ2v) is 8.28. The van der Waals surface area contributed by atoms with Crippen LogP contribution in [0.5, 0.6) is 5.75 Å². The number of nitrogens with zero attached hydrogens (tertiary/aromatic N) is 4. The highest BCUT2D eigenvalue weighted by atomic mass is 35.5. The van der Waals surface area contributed by atoms with Gasteiger partial charge in [0, 0.05) is 30.6 Å². The van der Waals surface area contributed by atoms with E-state index in [1.165, 1.54) is 17.5 Å². The molecule has 2 heterocycles. The third-order valence-corrected chi connectivity index (χ3v) is 6.68. The Morgan fingerprint density at radius 3 is 2.68 bits per heavy atom. The largest absolute Gasteiger partial charge is 0.495 e. The molecule has 1 aromatic carbocycles. The Kier molecular flexibility index (Phi) is 5.31. The second-order valence-electron chi connectivity index (χ2n) is 5.94. The Balaban J connectivity index is 1.79. The molecule has 1 fully saturated rings. The summed E-state index contributed by atoms with van der Waals surface area (Å²) in [4.78, 5) is 0.111. The SMILES string of the molecule is CCc1nncn1C1CCN(S(=O)(=O)c2cc(Cl)ccc2OC)CC1. The molecule has 0 unspecified atom stereocenters. The number of benzene rings is 1. The van der Waals surface area contributed by atoms with Crippen LogP contribution in [0.1, 0.15) is 31.6 Å². The van der Waals surface area contributed by atoms with Crippen molar-refractivity contribution >= 4 is 21.6 Å². The van der Waals surface area contributed by atoms with Crippen LogP contribution in [-0.4, -0.2) is 47.7 Å². The van der Waals surface area contributed by atoms with Gasteiger partial charge in [-0.05, 0) is 31.0 Å². The van der Waals surface area contributed by atoms with Crippen LogP contribution in [0.2, 0.25) is 5.02 Å². The maximum Gasteiger partial charge on any atom is 0.246 e. The number of rotatable bonds is 5. The minimum atomic E-state index is -3.65. The molecule has 3 rings (SSSR count). The molecule has 0 bridgehead atoms. The number of sulfonamides is 1. The zero-order chi connectivity index (χ0) is 18.0. The van der Waals surface area contributed by atoms with Crippen LogP contribution in [-0.2, 0) is 16.4 Å². The van der Waals surface area contributed by atoms with Crippen molar-refractivity contribution in [2.45, 2.75) is 37.1 Å². The highest BCUT2D eigenvalue weighted by Gasteiger charge is 2.32. The first-order valence-electron chi connectivity index (χ1n) is 8.19. The first-order chi connectivity index (χ1) is 12.0. The lowest BCUT2D eigenvalue weighted by Crippen LogP contribution is -2.39. The third-order valence-electron chi connectivity index (χ3n) is 4.52. The second kappa shape index (κ2) is 7.31. The van der Waals surface area contributed by atoms with Gasteiger partial charge in [0.15, 0.2) is 0 Å². The summed E-state index contributed by atoms with van der Waals surface area (Å²) >= 11 is 5.99. The number of methoxy groups -OCH3 is 1. The molecule has 7 nitrogen and oxygen atoms in total. The van der Waals surface area contributed by atoms with Crippen LogP contribution in [0.15, 0.2) is 29.4 Å². The molecule has 0 radical (unpaired) electrons. The van der Waals surface area contributed by atoms with Gasteiger partial charge in [0.2, 0.25) is 10.0 Å². The summed E-state index contributed by atoms with van der Waals surface area (Å²) in [6, 6.07) is 4.85. The zero-order valence-corrected chi connectivity index (χ0v) is 15.8. The van der Waals surface area contributed by atoms with Crippen molar-refractivity contribution in [2.24, 2.45) is 0 Å². The van der Waals surface area contributed by atoms with E-state index in [4.69, 9.17) is 16.3 Å². The minimum absolute atomic E-state index is 0.111. The van der Waals surface area contributed by atoms with E-state index in [0.717, 1.165) is 12.2 Å². The van der Waals surface area contributed by atoms with Gasteiger partial charge >= 0.3 is 0 Å². The highest BCUT2D eigenvalue weighted by molar-refractivity contribution is 7.89. The smallest absolute Gasteiger partial charge is 0.246 e. The molecule has 2 aromatic rings. The van der Waals surface area contributed by atoms with Crippen LogP contribution in [0.25, 0.3) is 0 Å². The molecule has 25 heavy (non-hydrogen) atoms. The number of ether oxygens (including phenoxy) is 1. The molecule has 1 aliphatic heterocycles. The highest BCUT2D eigenvalue weighted by Crippen LogP contribution is 2.33. The van der Waals surface area contributed by atoms with E-state index >= 15 is 0 Å². The van der Waals surface area contributed by atoms with Crippen LogP contribution in [0, 0.1) is 0 Å². The first kappa shape index (κ1) is 18.2. The molecule has 0 saturated carbocycles. The molecular formula is C16H21ClN4O3S. The monoisotopic (exact) mass is 384 g/mol. The van der Waals surface area contributed by atoms with Crippen molar-refractivity contribution in [2.75, 3.05) is 20.2 Å². The van der Waals surface area contributed by atoms with E-state index < -0.39 is 10.0 Å². The summed E-state index contributed by atoms with van der Waals surface area (Å²) < 4.78 is 34.7. The normalized spacial score (nSPS) is 16.9. The number of piperidine rings is 1. The van der Waals surface area contributed by atoms with Gasteiger partial charge in [0.05, 0.1) is 7.11 Å². The van der Waals surface area contributed by atoms with Gasteiger partial charge in [-0.2, -0.15) is 4.31 Å². The molecule has 136 valence electrons. The predicted molar refractivity (Wildman–Crippen MR) is 94.4 cm³/mol. The van der Waals surface area contributed by atoms with E-state index in [-0.39, 0.29) is 10.9 Å². The van der Waals surface area contributed by atoms with Crippen molar-refractivity contribution in [1.82, 2.24) is 19.1 Å². The van der Waals surface area contributed by atoms with Crippen molar-refractivity contribution < 1.29 is 13.2 Å². The lowest BCUT2D eigenvalue weighted by Gasteiger charge is -2.32. The molecular weight excluding hydrogens is 364 g/mol. The van der Waals surface area contributed by atoms with Gasteiger partial charge in [0.25, 0.3) is 0 Å². The molecule has 1 aromatic heterocycles. The Morgan fingerprint density at radius 2 is 2.04 bits per heavy atom. The lowest BCUT2D eigenvalue weighted by molar-refractivity contribution is 0.269. The summed E-state index contributed by atoms with van der Waals surface area (Å²) in [5.41, 5.74) is 0. The third kappa shape index (κ3) is 3.51. The molecule has 0 N–H and O–H groups in total. The van der Waals surface area contributed by atoms with Crippen molar-refractivity contribution in [3.8, 4) is 5.75 Å². The minimum Gasteiger partial charge on any atom is -0.495 e. The molecule has 0 amide bonds. The van der Waals surface area contributed by atoms with Gasteiger partial charge in [-0.25, -0.2) is 8.42 Å². The topological polar surface area (TPSA) is 77.3 Å². The van der Waals surface area contributed by atoms with E-state index in [1.54, 1.807) is 18.5 Å². The molecule has 9 heteroatoms. The maximum absolute atomic E-state index is 13.0. The van der Waals surface area contributed by atoms with E-state index in [0.29, 0.717) is 36.7 Å². The summed E-state index contributed by atoms with van der Waals surface area (Å²) in [6.07, 6.45) is 3.96. The molecule has 0 aliphatic carbocycles. The quantitative estimate of drug-likeness (QED) is 0.791. The Bertz CT molecular complexity index is 845. The fourth-order valence-electron chi connectivity index (χ4n) is 3.18. The average molecular weight is 385 g/mol. The van der Waals surface area contributed by atoms with E-state index in [2.05, 4.69) is 14.8 Å². The summed E-state index contributed by atoms with van der Waals surface area (Å²) in [5, 5.41) is 8.44. The molecule has 0 spiro atoms. The Morgan fingerprint density at radius 1 is 1.32 bits per heavy atom.